The lowest BCUT2D eigenvalue weighted by atomic mass is 9.92. The third-order valence-electron chi connectivity index (χ3n) is 4.70. The van der Waals surface area contributed by atoms with Crippen LogP contribution in [0.3, 0.4) is 0 Å². The number of fused-ring (bicyclic) bond motifs is 1. The molecule has 0 aliphatic carbocycles. The average Bonchev–Trinajstić information content (AvgIpc) is 3.15. The molecular formula is C19H19FN4O2. The van der Waals surface area contributed by atoms with Crippen molar-refractivity contribution in [3.8, 4) is 11.5 Å². The third-order valence-corrected chi connectivity index (χ3v) is 4.70. The summed E-state index contributed by atoms with van der Waals surface area (Å²) >= 11 is 0. The second-order valence-corrected chi connectivity index (χ2v) is 6.11. The van der Waals surface area contributed by atoms with Crippen molar-refractivity contribution in [2.75, 3.05) is 19.5 Å². The molecule has 0 spiro atoms. The quantitative estimate of drug-likeness (QED) is 0.776. The molecule has 2 atom stereocenters. The summed E-state index contributed by atoms with van der Waals surface area (Å²) in [5, 5.41) is 7.75. The molecule has 0 radical (unpaired) electrons. The molecule has 0 amide bonds. The number of methoxy groups -OCH3 is 2. The second-order valence-electron chi connectivity index (χ2n) is 6.11. The molecule has 2 aromatic carbocycles. The van der Waals surface area contributed by atoms with E-state index in [-0.39, 0.29) is 17.9 Å². The maximum atomic E-state index is 13.3. The molecule has 0 saturated carbocycles. The molecule has 0 bridgehead atoms. The fourth-order valence-corrected chi connectivity index (χ4v) is 3.47. The standard InChI is InChI=1S/C19H19FN4O2/c1-25-17-5-3-4-14(18(17)26-2)16-10-15(12-6-8-13(20)9-7-12)23-19-21-11-22-24(16)19/h3-9,11,15-16H,10H2,1-2H3,(H,21,22,23)/t15-,16+/m0/s1. The van der Waals surface area contributed by atoms with Gasteiger partial charge in [0.2, 0.25) is 5.95 Å². The highest BCUT2D eigenvalue weighted by Gasteiger charge is 2.32. The van der Waals surface area contributed by atoms with Crippen molar-refractivity contribution in [3.05, 3.63) is 65.7 Å². The predicted octanol–water partition coefficient (Wildman–Crippen LogP) is 3.58. The number of nitrogens with one attached hydrogen (secondary N) is 1. The van der Waals surface area contributed by atoms with Crippen LogP contribution in [0.1, 0.15) is 29.6 Å². The predicted molar refractivity (Wildman–Crippen MR) is 95.1 cm³/mol. The number of hydrogen-bond acceptors (Lipinski definition) is 5. The number of hydrogen-bond donors (Lipinski definition) is 1. The molecule has 2 heterocycles. The van der Waals surface area contributed by atoms with Gasteiger partial charge in [-0.05, 0) is 30.2 Å². The van der Waals surface area contributed by atoms with Gasteiger partial charge in [0.25, 0.3) is 0 Å². The molecule has 3 aromatic rings. The lowest BCUT2D eigenvalue weighted by Crippen LogP contribution is -2.28. The van der Waals surface area contributed by atoms with Crippen molar-refractivity contribution < 1.29 is 13.9 Å². The monoisotopic (exact) mass is 354 g/mol. The van der Waals surface area contributed by atoms with E-state index in [4.69, 9.17) is 9.47 Å². The Morgan fingerprint density at radius 2 is 1.92 bits per heavy atom. The van der Waals surface area contributed by atoms with Crippen LogP contribution in [0.15, 0.2) is 48.8 Å². The number of benzene rings is 2. The van der Waals surface area contributed by atoms with Gasteiger partial charge < -0.3 is 14.8 Å². The van der Waals surface area contributed by atoms with E-state index in [0.29, 0.717) is 23.9 Å². The molecule has 1 aromatic heterocycles. The lowest BCUT2D eigenvalue weighted by Gasteiger charge is -2.32. The number of halogens is 1. The van der Waals surface area contributed by atoms with Crippen LogP contribution in [0, 0.1) is 5.82 Å². The SMILES string of the molecule is COc1cccc([C@H]2C[C@@H](c3ccc(F)cc3)Nc3ncnn32)c1OC. The number of rotatable bonds is 4. The van der Waals surface area contributed by atoms with Gasteiger partial charge in [0.15, 0.2) is 11.5 Å². The minimum atomic E-state index is -0.251. The highest BCUT2D eigenvalue weighted by Crippen LogP contribution is 2.43. The summed E-state index contributed by atoms with van der Waals surface area (Å²) in [4.78, 5) is 4.32. The summed E-state index contributed by atoms with van der Waals surface area (Å²) in [6.45, 7) is 0. The Morgan fingerprint density at radius 1 is 1.12 bits per heavy atom. The molecule has 7 heteroatoms. The first-order chi connectivity index (χ1) is 12.7. The van der Waals surface area contributed by atoms with Crippen molar-refractivity contribution in [3.63, 3.8) is 0 Å². The third kappa shape index (κ3) is 2.75. The highest BCUT2D eigenvalue weighted by molar-refractivity contribution is 5.50. The van der Waals surface area contributed by atoms with E-state index in [1.165, 1.54) is 18.5 Å². The van der Waals surface area contributed by atoms with Crippen molar-refractivity contribution in [1.29, 1.82) is 0 Å². The topological polar surface area (TPSA) is 61.2 Å². The van der Waals surface area contributed by atoms with Gasteiger partial charge in [0.1, 0.15) is 12.1 Å². The molecule has 0 saturated heterocycles. The van der Waals surface area contributed by atoms with Crippen LogP contribution in [0.5, 0.6) is 11.5 Å². The van der Waals surface area contributed by atoms with E-state index < -0.39 is 0 Å². The van der Waals surface area contributed by atoms with E-state index in [1.54, 1.807) is 26.4 Å². The molecule has 4 rings (SSSR count). The number of anilines is 1. The Bertz CT molecular complexity index is 910. The zero-order chi connectivity index (χ0) is 18.1. The Labute approximate surface area is 150 Å². The van der Waals surface area contributed by atoms with Gasteiger partial charge in [-0.1, -0.05) is 24.3 Å². The first kappa shape index (κ1) is 16.4. The van der Waals surface area contributed by atoms with Crippen molar-refractivity contribution in [2.24, 2.45) is 0 Å². The first-order valence-corrected chi connectivity index (χ1v) is 8.33. The second kappa shape index (κ2) is 6.67. The maximum Gasteiger partial charge on any atom is 0.222 e. The molecule has 1 aliphatic heterocycles. The van der Waals surface area contributed by atoms with Gasteiger partial charge in [-0.15, -0.1) is 0 Å². The highest BCUT2D eigenvalue weighted by atomic mass is 19.1. The molecule has 6 nitrogen and oxygen atoms in total. The summed E-state index contributed by atoms with van der Waals surface area (Å²) in [5.74, 6) is 1.77. The molecule has 134 valence electrons. The Kier molecular flexibility index (Phi) is 4.20. The summed E-state index contributed by atoms with van der Waals surface area (Å²) in [7, 11) is 3.24. The van der Waals surface area contributed by atoms with E-state index in [0.717, 1.165) is 11.1 Å². The molecule has 0 fully saturated rings. The molecule has 0 unspecified atom stereocenters. The minimum absolute atomic E-state index is 0.0202. The maximum absolute atomic E-state index is 13.3. The van der Waals surface area contributed by atoms with Gasteiger partial charge in [-0.3, -0.25) is 0 Å². The fourth-order valence-electron chi connectivity index (χ4n) is 3.47. The number of para-hydroxylation sites is 1. The van der Waals surface area contributed by atoms with Crippen molar-refractivity contribution >= 4 is 5.95 Å². The number of ether oxygens (including phenoxy) is 2. The Morgan fingerprint density at radius 3 is 2.65 bits per heavy atom. The van der Waals surface area contributed by atoms with Crippen LogP contribution in [0.2, 0.25) is 0 Å². The van der Waals surface area contributed by atoms with Crippen LogP contribution in [-0.4, -0.2) is 29.0 Å². The molecule has 26 heavy (non-hydrogen) atoms. The van der Waals surface area contributed by atoms with Crippen LogP contribution in [0.25, 0.3) is 0 Å². The molecule has 1 aliphatic rings. The zero-order valence-corrected chi connectivity index (χ0v) is 14.5. The largest absolute Gasteiger partial charge is 0.493 e. The normalized spacial score (nSPS) is 18.7. The van der Waals surface area contributed by atoms with Crippen LogP contribution < -0.4 is 14.8 Å². The lowest BCUT2D eigenvalue weighted by molar-refractivity contribution is 0.340. The van der Waals surface area contributed by atoms with Gasteiger partial charge in [-0.2, -0.15) is 10.1 Å². The van der Waals surface area contributed by atoms with Crippen LogP contribution >= 0.6 is 0 Å². The zero-order valence-electron chi connectivity index (χ0n) is 14.5. The van der Waals surface area contributed by atoms with Crippen molar-refractivity contribution in [1.82, 2.24) is 14.8 Å². The van der Waals surface area contributed by atoms with E-state index in [9.17, 15) is 4.39 Å². The fraction of sp³-hybridized carbons (Fsp3) is 0.263. The van der Waals surface area contributed by atoms with Gasteiger partial charge >= 0.3 is 0 Å². The van der Waals surface area contributed by atoms with E-state index >= 15 is 0 Å². The summed E-state index contributed by atoms with van der Waals surface area (Å²) in [5.41, 5.74) is 1.96. The Hall–Kier alpha value is -3.09. The van der Waals surface area contributed by atoms with Crippen molar-refractivity contribution in [2.45, 2.75) is 18.5 Å². The number of aromatic nitrogens is 3. The summed E-state index contributed by atoms with van der Waals surface area (Å²) in [6.07, 6.45) is 2.24. The van der Waals surface area contributed by atoms with Crippen LogP contribution in [0.4, 0.5) is 10.3 Å². The van der Waals surface area contributed by atoms with Gasteiger partial charge in [-0.25, -0.2) is 9.07 Å². The van der Waals surface area contributed by atoms with Gasteiger partial charge in [0.05, 0.1) is 26.3 Å². The Balaban J connectivity index is 1.78. The number of nitrogens with zero attached hydrogens (tertiary/aromatic N) is 3. The van der Waals surface area contributed by atoms with Gasteiger partial charge in [0, 0.05) is 5.56 Å². The minimum Gasteiger partial charge on any atom is -0.493 e. The smallest absolute Gasteiger partial charge is 0.222 e. The molecular weight excluding hydrogens is 335 g/mol. The molecule has 1 N–H and O–H groups in total. The van der Waals surface area contributed by atoms with E-state index in [1.807, 2.05) is 22.9 Å². The summed E-state index contributed by atoms with van der Waals surface area (Å²) in [6, 6.07) is 12.2. The van der Waals surface area contributed by atoms with E-state index in [2.05, 4.69) is 15.4 Å². The first-order valence-electron chi connectivity index (χ1n) is 8.33. The summed E-state index contributed by atoms with van der Waals surface area (Å²) < 4.78 is 26.2. The average molecular weight is 354 g/mol. The van der Waals surface area contributed by atoms with Crippen LogP contribution in [-0.2, 0) is 0 Å².